The number of rotatable bonds is 3. The Morgan fingerprint density at radius 2 is 1.23 bits per heavy atom. The molecule has 0 unspecified atom stereocenters. The fourth-order valence-electron chi connectivity index (χ4n) is 3.58. The Morgan fingerprint density at radius 1 is 0.543 bits per heavy atom. The van der Waals surface area contributed by atoms with E-state index in [9.17, 15) is 2.74 Å². The van der Waals surface area contributed by atoms with Gasteiger partial charge in [0, 0.05) is 32.3 Å². The largest absolute Gasteiger partial charge is 0.254 e. The molecule has 7 aromatic rings. The van der Waals surface area contributed by atoms with Crippen LogP contribution in [0.25, 0.3) is 64.7 Å². The number of thiophene rings is 1. The summed E-state index contributed by atoms with van der Waals surface area (Å²) in [5.41, 5.74) is -2.72. The first-order valence-corrected chi connectivity index (χ1v) is 10.9. The van der Waals surface area contributed by atoms with Crippen LogP contribution in [0.3, 0.4) is 0 Å². The molecular weight excluding hydrogens is 444 g/mol. The zero-order valence-electron chi connectivity index (χ0n) is 37.3. The van der Waals surface area contributed by atoms with Crippen molar-refractivity contribution in [3.8, 4) is 32.1 Å². The lowest BCUT2D eigenvalue weighted by molar-refractivity contribution is 1.37. The van der Waals surface area contributed by atoms with E-state index < -0.39 is 160 Å². The van der Waals surface area contributed by atoms with Crippen LogP contribution in [-0.4, -0.2) is 9.97 Å². The van der Waals surface area contributed by atoms with Crippen LogP contribution >= 0.6 is 11.3 Å². The van der Waals surface area contributed by atoms with Crippen molar-refractivity contribution in [1.82, 2.24) is 9.97 Å². The van der Waals surface area contributed by atoms with Crippen LogP contribution in [0, 0.1) is 0 Å². The van der Waals surface area contributed by atoms with E-state index in [1.807, 2.05) is 0 Å². The Labute approximate surface area is 235 Å². The van der Waals surface area contributed by atoms with Gasteiger partial charge in [0.2, 0.25) is 0 Å². The summed E-state index contributed by atoms with van der Waals surface area (Å²) in [7, 11) is 0. The van der Waals surface area contributed by atoms with E-state index in [-0.39, 0.29) is 26.2 Å². The number of nitrogens with zero attached hydrogens (tertiary/aromatic N) is 2. The highest BCUT2D eigenvalue weighted by atomic mass is 32.1. The molecule has 0 saturated heterocycles. The molecule has 0 aliphatic heterocycles. The second kappa shape index (κ2) is 8.15. The van der Waals surface area contributed by atoms with Gasteiger partial charge in [-0.05, 0) is 46.1 Å². The number of pyridine rings is 2. The molecule has 0 atom stereocenters. The molecule has 0 radical (unpaired) electrons. The van der Waals surface area contributed by atoms with E-state index in [0.717, 1.165) is 0 Å². The van der Waals surface area contributed by atoms with Gasteiger partial charge in [-0.3, -0.25) is 4.98 Å². The van der Waals surface area contributed by atoms with Gasteiger partial charge in [-0.2, -0.15) is 0 Å². The maximum absolute atomic E-state index is 9.22. The van der Waals surface area contributed by atoms with Crippen LogP contribution in [0.2, 0.25) is 0 Å². The summed E-state index contributed by atoms with van der Waals surface area (Å²) in [4.78, 5) is 7.85. The lowest BCUT2D eigenvalue weighted by atomic mass is 9.96. The molecule has 35 heavy (non-hydrogen) atoms. The van der Waals surface area contributed by atoms with Gasteiger partial charge in [0.05, 0.1) is 44.1 Å². The van der Waals surface area contributed by atoms with Crippen molar-refractivity contribution in [1.29, 1.82) is 0 Å². The van der Waals surface area contributed by atoms with Crippen LogP contribution < -0.4 is 0 Å². The molecule has 0 N–H and O–H groups in total. The second-order valence-electron chi connectivity index (χ2n) is 7.14. The third-order valence-corrected chi connectivity index (χ3v) is 6.16. The van der Waals surface area contributed by atoms with Crippen molar-refractivity contribution in [2.45, 2.75) is 0 Å². The minimum atomic E-state index is -0.813. The van der Waals surface area contributed by atoms with Crippen molar-refractivity contribution in [2.75, 3.05) is 0 Å². The van der Waals surface area contributed by atoms with Crippen LogP contribution in [0.5, 0.6) is 0 Å². The first kappa shape index (κ1) is 8.40. The molecule has 3 heteroatoms. The van der Waals surface area contributed by atoms with Gasteiger partial charge in [0.1, 0.15) is 0 Å². The number of benzene rings is 4. The summed E-state index contributed by atoms with van der Waals surface area (Å²) >= 11 is 0.544. The van der Waals surface area contributed by atoms with Crippen LogP contribution in [0.1, 0.15) is 27.4 Å². The Bertz CT molecular complexity index is 2910. The van der Waals surface area contributed by atoms with Crippen LogP contribution in [0.4, 0.5) is 0 Å². The topological polar surface area (TPSA) is 25.8 Å². The summed E-state index contributed by atoms with van der Waals surface area (Å²) in [6.07, 6.45) is -0.696. The van der Waals surface area contributed by atoms with Crippen LogP contribution in [-0.2, 0) is 0 Å². The zero-order valence-corrected chi connectivity index (χ0v) is 18.1. The maximum Gasteiger partial charge on any atom is 0.0972 e. The summed E-state index contributed by atoms with van der Waals surface area (Å²) in [5.74, 6) is 0. The zero-order chi connectivity index (χ0) is 40.6. The van der Waals surface area contributed by atoms with E-state index >= 15 is 0 Å². The fourth-order valence-corrected chi connectivity index (χ4v) is 4.44. The molecule has 0 bridgehead atoms. The Morgan fingerprint density at radius 3 is 2.09 bits per heavy atom. The van der Waals surface area contributed by atoms with Crippen molar-refractivity contribution in [3.63, 3.8) is 0 Å². The smallest absolute Gasteiger partial charge is 0.0972 e. The molecule has 0 amide bonds. The summed E-state index contributed by atoms with van der Waals surface area (Å²) < 4.78 is 171. The van der Waals surface area contributed by atoms with Gasteiger partial charge in [-0.25, -0.2) is 4.98 Å². The average molecular weight is 485 g/mol. The minimum absolute atomic E-state index is 0.276. The quantitative estimate of drug-likeness (QED) is 0.234. The highest BCUT2D eigenvalue weighted by Crippen LogP contribution is 2.40. The van der Waals surface area contributed by atoms with Crippen molar-refractivity contribution in [3.05, 3.63) is 121 Å². The van der Waals surface area contributed by atoms with E-state index in [4.69, 9.17) is 24.7 Å². The first-order valence-electron chi connectivity index (χ1n) is 20.1. The van der Waals surface area contributed by atoms with Gasteiger partial charge >= 0.3 is 0 Å². The van der Waals surface area contributed by atoms with Crippen molar-refractivity contribution >= 4 is 43.9 Å². The third kappa shape index (κ3) is 3.40. The molecule has 3 aromatic heterocycles. The van der Waals surface area contributed by atoms with Gasteiger partial charge in [0.15, 0.2) is 0 Å². The predicted molar refractivity (Wildman–Crippen MR) is 149 cm³/mol. The Balaban J connectivity index is 1.66. The predicted octanol–water partition coefficient (Wildman–Crippen LogP) is 9.00. The van der Waals surface area contributed by atoms with E-state index in [1.54, 1.807) is 0 Å². The molecule has 4 aromatic carbocycles. The maximum atomic E-state index is 9.22. The lowest BCUT2D eigenvalue weighted by Crippen LogP contribution is -1.90. The van der Waals surface area contributed by atoms with Gasteiger partial charge in [-0.1, -0.05) is 90.6 Å². The number of hydrogen-bond acceptors (Lipinski definition) is 3. The molecular formula is C32H20N2S. The Kier molecular flexibility index (Phi) is 1.96. The molecule has 2 nitrogen and oxygen atoms in total. The highest BCUT2D eigenvalue weighted by molar-refractivity contribution is 7.18. The fraction of sp³-hybridized carbons (Fsp3) is 0. The Hall–Kier alpha value is -4.34. The molecule has 0 spiro atoms. The summed E-state index contributed by atoms with van der Waals surface area (Å²) in [6.45, 7) is 0. The monoisotopic (exact) mass is 484 g/mol. The van der Waals surface area contributed by atoms with E-state index in [0.29, 0.717) is 11.3 Å². The molecule has 0 aliphatic rings. The van der Waals surface area contributed by atoms with Gasteiger partial charge < -0.3 is 0 Å². The van der Waals surface area contributed by atoms with Gasteiger partial charge in [-0.15, -0.1) is 11.3 Å². The first-order chi connectivity index (χ1) is 25.7. The summed E-state index contributed by atoms with van der Waals surface area (Å²) in [5, 5.41) is -1.69. The molecule has 0 saturated carbocycles. The SMILES string of the molecule is [2H]c1nc2c(c([2H])c1[2H])c([2H])c([2H])c1c([2H])c([2H])c(-c3c([2H])c([2H])c(-c4sc(-c5c([2H])c([2H])c([2H])c([2H])c5[2H])c([2H])c4[2H])c4c([2H])c([2H])c([2H])c([2H])c34)nc12. The third-order valence-electron chi connectivity index (χ3n) is 5.14. The normalized spacial score (nSPS) is 19.4. The van der Waals surface area contributed by atoms with E-state index in [2.05, 4.69) is 9.97 Å². The minimum Gasteiger partial charge on any atom is -0.254 e. The van der Waals surface area contributed by atoms with Crippen molar-refractivity contribution < 1.29 is 27.4 Å². The van der Waals surface area contributed by atoms with E-state index in [1.165, 1.54) is 0 Å². The molecule has 164 valence electrons. The average Bonchev–Trinajstić information content (AvgIpc) is 3.43. The molecule has 7 rings (SSSR count). The molecule has 0 aliphatic carbocycles. The number of hydrogen-bond donors (Lipinski definition) is 0. The highest BCUT2D eigenvalue weighted by Gasteiger charge is 2.13. The van der Waals surface area contributed by atoms with Crippen molar-refractivity contribution in [2.24, 2.45) is 0 Å². The number of aromatic nitrogens is 2. The van der Waals surface area contributed by atoms with Gasteiger partial charge in [0.25, 0.3) is 0 Å². The summed E-state index contributed by atoms with van der Waals surface area (Å²) in [6, 6.07) is -13.5. The lowest BCUT2D eigenvalue weighted by Gasteiger charge is -2.11. The molecule has 0 fully saturated rings. The molecule has 3 heterocycles. The standard InChI is InChI=1S/C32H20N2S/c1-2-7-21(8-3-1)29-18-19-30(35-29)27-16-15-26(24-10-4-5-11-25(24)27)28-17-14-23-13-12-22-9-6-20-33-31(22)32(23)34-28/h1-20H/i1D,2D,3D,4D,5D,6D,7D,8D,9D,10D,11D,12D,13D,14D,15D,16D,17D,18D,19D,20D. The van der Waals surface area contributed by atoms with Crippen LogP contribution in [0.15, 0.2) is 121 Å². The number of fused-ring (bicyclic) bond motifs is 4. The second-order valence-corrected chi connectivity index (χ2v) is 8.16.